The molecular weight excluding hydrogens is 446 g/mol. The minimum atomic E-state index is -3.53. The Morgan fingerprint density at radius 2 is 1.88 bits per heavy atom. The highest BCUT2D eigenvalue weighted by Crippen LogP contribution is 2.25. The summed E-state index contributed by atoms with van der Waals surface area (Å²) in [6.45, 7) is 0.641. The van der Waals surface area contributed by atoms with Crippen molar-refractivity contribution in [2.45, 2.75) is 10.9 Å². The number of para-hydroxylation sites is 1. The second-order valence-electron chi connectivity index (χ2n) is 6.98. The van der Waals surface area contributed by atoms with Crippen LogP contribution in [0.1, 0.15) is 11.1 Å². The van der Waals surface area contributed by atoms with E-state index in [2.05, 4.69) is 20.1 Å². The normalized spacial score (nSPS) is 11.9. The van der Waals surface area contributed by atoms with Crippen molar-refractivity contribution in [1.29, 1.82) is 5.26 Å². The van der Waals surface area contributed by atoms with Crippen LogP contribution >= 0.6 is 11.3 Å². The summed E-state index contributed by atoms with van der Waals surface area (Å²) in [6, 6.07) is 19.6. The summed E-state index contributed by atoms with van der Waals surface area (Å²) in [5, 5.41) is 20.1. The van der Waals surface area contributed by atoms with Crippen molar-refractivity contribution < 1.29 is 13.2 Å². The lowest BCUT2D eigenvalue weighted by atomic mass is 10.1. The Labute approximate surface area is 188 Å². The van der Waals surface area contributed by atoms with Crippen LogP contribution in [0.3, 0.4) is 0 Å². The number of sulfone groups is 1. The van der Waals surface area contributed by atoms with E-state index >= 15 is 0 Å². The predicted octanol–water partition coefficient (Wildman–Crippen LogP) is 3.49. The van der Waals surface area contributed by atoms with Crippen LogP contribution in [-0.4, -0.2) is 35.3 Å². The fourth-order valence-corrected chi connectivity index (χ4v) is 4.68. The standard InChI is InChI=1S/C22H17N5O3S2/c1-32(29,30)22-26-25-21(31-22)24-20(28)16(12-23)11-17-14-27(13-15-7-3-2-4-8-15)19-10-6-5-9-18(17)19/h2-11,14H,13H2,1H3,(H,24,25,28). The molecule has 0 saturated heterocycles. The van der Waals surface area contributed by atoms with Crippen molar-refractivity contribution >= 4 is 49.2 Å². The van der Waals surface area contributed by atoms with Gasteiger partial charge >= 0.3 is 0 Å². The lowest BCUT2D eigenvalue weighted by Crippen LogP contribution is -2.13. The maximum atomic E-state index is 12.6. The van der Waals surface area contributed by atoms with Crippen LogP contribution in [-0.2, 0) is 21.2 Å². The summed E-state index contributed by atoms with van der Waals surface area (Å²) >= 11 is 0.727. The zero-order valence-electron chi connectivity index (χ0n) is 16.9. The Morgan fingerprint density at radius 3 is 2.56 bits per heavy atom. The van der Waals surface area contributed by atoms with Gasteiger partial charge in [0.2, 0.25) is 19.3 Å². The van der Waals surface area contributed by atoms with Gasteiger partial charge in [-0.3, -0.25) is 10.1 Å². The Hall–Kier alpha value is -3.81. The molecule has 1 N–H and O–H groups in total. The molecule has 0 aliphatic carbocycles. The largest absolute Gasteiger partial charge is 0.342 e. The number of aromatic nitrogens is 3. The molecule has 4 rings (SSSR count). The Morgan fingerprint density at radius 1 is 1.16 bits per heavy atom. The molecule has 0 aliphatic heterocycles. The van der Waals surface area contributed by atoms with Crippen LogP contribution in [0, 0.1) is 11.3 Å². The van der Waals surface area contributed by atoms with Gasteiger partial charge in [-0.05, 0) is 17.7 Å². The van der Waals surface area contributed by atoms with E-state index in [-0.39, 0.29) is 15.0 Å². The molecule has 4 aromatic rings. The van der Waals surface area contributed by atoms with Gasteiger partial charge in [-0.1, -0.05) is 59.9 Å². The summed E-state index contributed by atoms with van der Waals surface area (Å²) < 4.78 is 25.0. The molecule has 0 atom stereocenters. The Bertz CT molecular complexity index is 1480. The lowest BCUT2D eigenvalue weighted by Gasteiger charge is -2.05. The topological polar surface area (TPSA) is 118 Å². The molecule has 160 valence electrons. The molecule has 0 spiro atoms. The van der Waals surface area contributed by atoms with E-state index in [4.69, 9.17) is 0 Å². The maximum Gasteiger partial charge on any atom is 0.268 e. The zero-order valence-corrected chi connectivity index (χ0v) is 18.5. The monoisotopic (exact) mass is 463 g/mol. The number of amides is 1. The van der Waals surface area contributed by atoms with E-state index in [0.29, 0.717) is 6.54 Å². The van der Waals surface area contributed by atoms with E-state index in [0.717, 1.165) is 39.6 Å². The van der Waals surface area contributed by atoms with Gasteiger partial charge in [0.05, 0.1) is 0 Å². The van der Waals surface area contributed by atoms with Crippen LogP contribution < -0.4 is 5.32 Å². The van der Waals surface area contributed by atoms with Gasteiger partial charge in [-0.15, -0.1) is 10.2 Å². The van der Waals surface area contributed by atoms with Gasteiger partial charge in [-0.2, -0.15) is 5.26 Å². The van der Waals surface area contributed by atoms with Gasteiger partial charge in [0, 0.05) is 35.5 Å². The molecule has 32 heavy (non-hydrogen) atoms. The van der Waals surface area contributed by atoms with Crippen LogP contribution in [0.15, 0.2) is 70.7 Å². The third-order valence-corrected chi connectivity index (χ3v) is 7.13. The number of carbonyl (C=O) groups excluding carboxylic acids is 1. The van der Waals surface area contributed by atoms with Gasteiger partial charge in [-0.25, -0.2) is 8.42 Å². The van der Waals surface area contributed by atoms with Crippen molar-refractivity contribution in [3.8, 4) is 6.07 Å². The number of anilines is 1. The van der Waals surface area contributed by atoms with Crippen LogP contribution in [0.2, 0.25) is 0 Å². The molecule has 0 fully saturated rings. The number of benzene rings is 2. The van der Waals surface area contributed by atoms with E-state index in [9.17, 15) is 18.5 Å². The maximum absolute atomic E-state index is 12.6. The van der Waals surface area contributed by atoms with Gasteiger partial charge < -0.3 is 4.57 Å². The first kappa shape index (κ1) is 21.4. The lowest BCUT2D eigenvalue weighted by molar-refractivity contribution is -0.112. The van der Waals surface area contributed by atoms with E-state index in [1.54, 1.807) is 0 Å². The number of nitrogens with zero attached hydrogens (tertiary/aromatic N) is 4. The summed E-state index contributed by atoms with van der Waals surface area (Å²) in [5.74, 6) is -0.691. The van der Waals surface area contributed by atoms with Crippen molar-refractivity contribution in [1.82, 2.24) is 14.8 Å². The highest BCUT2D eigenvalue weighted by atomic mass is 32.2. The third kappa shape index (κ3) is 4.59. The Kier molecular flexibility index (Phi) is 5.85. The number of rotatable bonds is 6. The van der Waals surface area contributed by atoms with E-state index in [1.807, 2.05) is 66.9 Å². The smallest absolute Gasteiger partial charge is 0.268 e. The minimum Gasteiger partial charge on any atom is -0.342 e. The third-order valence-electron chi connectivity index (χ3n) is 4.62. The van der Waals surface area contributed by atoms with Crippen LogP contribution in [0.25, 0.3) is 17.0 Å². The minimum absolute atomic E-state index is 0.00285. The fraction of sp³-hybridized carbons (Fsp3) is 0.0909. The molecule has 0 radical (unpaired) electrons. The molecule has 8 nitrogen and oxygen atoms in total. The summed E-state index contributed by atoms with van der Waals surface area (Å²) in [7, 11) is -3.53. The molecule has 2 heterocycles. The summed E-state index contributed by atoms with van der Waals surface area (Å²) in [4.78, 5) is 12.6. The van der Waals surface area contributed by atoms with Gasteiger partial charge in [0.25, 0.3) is 5.91 Å². The van der Waals surface area contributed by atoms with E-state index in [1.165, 1.54) is 6.08 Å². The summed E-state index contributed by atoms with van der Waals surface area (Å²) in [5.41, 5.74) is 2.68. The van der Waals surface area contributed by atoms with Gasteiger partial charge in [0.15, 0.2) is 0 Å². The molecule has 2 aromatic heterocycles. The van der Waals surface area contributed by atoms with E-state index < -0.39 is 15.7 Å². The number of hydrogen-bond acceptors (Lipinski definition) is 7. The second-order valence-corrected chi connectivity index (χ2v) is 10.2. The molecule has 0 saturated carbocycles. The molecule has 10 heteroatoms. The fourth-order valence-electron chi connectivity index (χ4n) is 3.18. The Balaban J connectivity index is 1.65. The highest BCUT2D eigenvalue weighted by molar-refractivity contribution is 7.92. The number of fused-ring (bicyclic) bond motifs is 1. The number of nitriles is 1. The van der Waals surface area contributed by atoms with Crippen molar-refractivity contribution in [2.24, 2.45) is 0 Å². The van der Waals surface area contributed by atoms with Crippen molar-refractivity contribution in [3.05, 3.63) is 77.5 Å². The molecule has 0 bridgehead atoms. The molecular formula is C22H17N5O3S2. The van der Waals surface area contributed by atoms with Crippen molar-refractivity contribution in [2.75, 3.05) is 11.6 Å². The highest BCUT2D eigenvalue weighted by Gasteiger charge is 2.18. The zero-order chi connectivity index (χ0) is 22.7. The molecule has 1 amide bonds. The first-order valence-corrected chi connectivity index (χ1v) is 12.1. The predicted molar refractivity (Wildman–Crippen MR) is 123 cm³/mol. The first-order chi connectivity index (χ1) is 15.3. The molecule has 0 aliphatic rings. The SMILES string of the molecule is CS(=O)(=O)c1nnc(NC(=O)C(C#N)=Cc2cn(Cc3ccccc3)c3ccccc23)s1. The average Bonchev–Trinajstić information content (AvgIpc) is 3.38. The first-order valence-electron chi connectivity index (χ1n) is 9.43. The second kappa shape index (κ2) is 8.74. The van der Waals surface area contributed by atoms with Gasteiger partial charge in [0.1, 0.15) is 11.6 Å². The average molecular weight is 464 g/mol. The summed E-state index contributed by atoms with van der Waals surface area (Å²) in [6.07, 6.45) is 4.41. The van der Waals surface area contributed by atoms with Crippen LogP contribution in [0.5, 0.6) is 0 Å². The number of hydrogen-bond donors (Lipinski definition) is 1. The molecule has 2 aromatic carbocycles. The quantitative estimate of drug-likeness (QED) is 0.266. The number of carbonyl (C=O) groups is 1. The van der Waals surface area contributed by atoms with Crippen molar-refractivity contribution in [3.63, 3.8) is 0 Å². The molecule has 0 unspecified atom stereocenters. The van der Waals surface area contributed by atoms with Crippen LogP contribution in [0.4, 0.5) is 5.13 Å². The number of nitrogens with one attached hydrogen (secondary N) is 1.